The Bertz CT molecular complexity index is 304. The predicted octanol–water partition coefficient (Wildman–Crippen LogP) is 4.88. The summed E-state index contributed by atoms with van der Waals surface area (Å²) in [5, 5.41) is 0.989. The van der Waals surface area contributed by atoms with Gasteiger partial charge in [0.15, 0.2) is 0 Å². The molecular weight excluding hydrogens is 204 g/mol. The van der Waals surface area contributed by atoms with Crippen LogP contribution in [-0.2, 0) is 12.8 Å². The van der Waals surface area contributed by atoms with Gasteiger partial charge in [-0.05, 0) is 29.9 Å². The van der Waals surface area contributed by atoms with E-state index in [0.717, 1.165) is 23.8 Å². The molecule has 0 radical (unpaired) electrons. The van der Waals surface area contributed by atoms with Gasteiger partial charge in [0.05, 0.1) is 0 Å². The zero-order chi connectivity index (χ0) is 11.3. The minimum Gasteiger partial charge on any atom is -0.0837 e. The van der Waals surface area contributed by atoms with Gasteiger partial charge in [0.1, 0.15) is 0 Å². The van der Waals surface area contributed by atoms with Crippen molar-refractivity contribution in [2.24, 2.45) is 5.92 Å². The number of rotatable bonds is 5. The van der Waals surface area contributed by atoms with Crippen LogP contribution in [0.3, 0.4) is 0 Å². The molecule has 15 heavy (non-hydrogen) atoms. The van der Waals surface area contributed by atoms with Gasteiger partial charge in [0.2, 0.25) is 0 Å². The molecule has 84 valence electrons. The van der Waals surface area contributed by atoms with E-state index in [4.69, 9.17) is 11.6 Å². The van der Waals surface area contributed by atoms with Crippen LogP contribution in [0.15, 0.2) is 18.2 Å². The number of hydrogen-bond donors (Lipinski definition) is 0. The second kappa shape index (κ2) is 6.17. The van der Waals surface area contributed by atoms with Gasteiger partial charge in [0.25, 0.3) is 0 Å². The summed E-state index contributed by atoms with van der Waals surface area (Å²) in [6.45, 7) is 6.69. The third-order valence-electron chi connectivity index (χ3n) is 2.89. The van der Waals surface area contributed by atoms with Gasteiger partial charge in [0, 0.05) is 5.02 Å². The van der Waals surface area contributed by atoms with Crippen LogP contribution in [0.2, 0.25) is 5.02 Å². The molecule has 1 rings (SSSR count). The fourth-order valence-electron chi connectivity index (χ4n) is 2.03. The first kappa shape index (κ1) is 12.6. The van der Waals surface area contributed by atoms with Crippen LogP contribution in [0.4, 0.5) is 0 Å². The van der Waals surface area contributed by atoms with E-state index in [1.54, 1.807) is 0 Å². The molecule has 1 atom stereocenters. The highest BCUT2D eigenvalue weighted by Gasteiger charge is 2.08. The first-order valence-electron chi connectivity index (χ1n) is 5.95. The van der Waals surface area contributed by atoms with E-state index in [1.165, 1.54) is 24.0 Å². The van der Waals surface area contributed by atoms with Crippen LogP contribution >= 0.6 is 11.6 Å². The van der Waals surface area contributed by atoms with Crippen LogP contribution in [0.25, 0.3) is 0 Å². The Balaban J connectivity index is 2.76. The lowest BCUT2D eigenvalue weighted by Crippen LogP contribution is -2.01. The molecule has 0 saturated carbocycles. The van der Waals surface area contributed by atoms with Gasteiger partial charge >= 0.3 is 0 Å². The lowest BCUT2D eigenvalue weighted by Gasteiger charge is -2.13. The molecule has 0 nitrogen and oxygen atoms in total. The molecule has 0 aliphatic heterocycles. The topological polar surface area (TPSA) is 0 Å². The van der Waals surface area contributed by atoms with E-state index in [1.807, 2.05) is 0 Å². The maximum atomic E-state index is 6.35. The van der Waals surface area contributed by atoms with Gasteiger partial charge in [-0.1, -0.05) is 63.4 Å². The van der Waals surface area contributed by atoms with Gasteiger partial charge in [-0.2, -0.15) is 0 Å². The molecular formula is C14H21Cl. The Kier molecular flexibility index (Phi) is 5.17. The number of benzene rings is 1. The zero-order valence-corrected chi connectivity index (χ0v) is 10.8. The smallest absolute Gasteiger partial charge is 0.0469 e. The van der Waals surface area contributed by atoms with E-state index in [2.05, 4.69) is 39.0 Å². The van der Waals surface area contributed by atoms with Gasteiger partial charge in [-0.25, -0.2) is 0 Å². The molecule has 0 aromatic heterocycles. The molecule has 0 bridgehead atoms. The van der Waals surface area contributed by atoms with Crippen molar-refractivity contribution in [3.63, 3.8) is 0 Å². The molecule has 1 aromatic carbocycles. The fraction of sp³-hybridized carbons (Fsp3) is 0.571. The average Bonchev–Trinajstić information content (AvgIpc) is 2.21. The summed E-state index contributed by atoms with van der Waals surface area (Å²) in [6.07, 6.45) is 4.67. The van der Waals surface area contributed by atoms with Crippen LogP contribution in [0.5, 0.6) is 0 Å². The maximum absolute atomic E-state index is 6.35. The predicted molar refractivity (Wildman–Crippen MR) is 68.6 cm³/mol. The minimum absolute atomic E-state index is 0.736. The highest BCUT2D eigenvalue weighted by molar-refractivity contribution is 6.32. The summed E-state index contributed by atoms with van der Waals surface area (Å²) >= 11 is 6.35. The molecule has 0 spiro atoms. The van der Waals surface area contributed by atoms with Crippen LogP contribution in [0.1, 0.15) is 44.7 Å². The molecule has 1 heteroatoms. The Hall–Kier alpha value is -0.490. The Labute approximate surface area is 98.7 Å². The molecule has 0 fully saturated rings. The Morgan fingerprint density at radius 2 is 1.87 bits per heavy atom. The largest absolute Gasteiger partial charge is 0.0837 e. The van der Waals surface area contributed by atoms with Crippen molar-refractivity contribution in [3.8, 4) is 0 Å². The molecule has 0 unspecified atom stereocenters. The number of hydrogen-bond acceptors (Lipinski definition) is 0. The van der Waals surface area contributed by atoms with E-state index < -0.39 is 0 Å². The van der Waals surface area contributed by atoms with Crippen molar-refractivity contribution >= 4 is 11.6 Å². The van der Waals surface area contributed by atoms with Gasteiger partial charge in [-0.3, -0.25) is 0 Å². The SMILES string of the molecule is CCC[C@H](C)Cc1cccc(CC)c1Cl. The molecule has 0 amide bonds. The van der Waals surface area contributed by atoms with Crippen molar-refractivity contribution in [2.45, 2.75) is 46.5 Å². The van der Waals surface area contributed by atoms with E-state index in [0.29, 0.717) is 0 Å². The van der Waals surface area contributed by atoms with Gasteiger partial charge in [-0.15, -0.1) is 0 Å². The van der Waals surface area contributed by atoms with Crippen LogP contribution in [-0.4, -0.2) is 0 Å². The summed E-state index contributed by atoms with van der Waals surface area (Å²) in [5.41, 5.74) is 2.59. The average molecular weight is 225 g/mol. The van der Waals surface area contributed by atoms with Gasteiger partial charge < -0.3 is 0 Å². The van der Waals surface area contributed by atoms with Crippen molar-refractivity contribution in [2.75, 3.05) is 0 Å². The normalized spacial score (nSPS) is 12.8. The van der Waals surface area contributed by atoms with E-state index >= 15 is 0 Å². The first-order chi connectivity index (χ1) is 7.19. The summed E-state index contributed by atoms with van der Waals surface area (Å²) in [6, 6.07) is 6.41. The molecule has 0 aliphatic carbocycles. The third-order valence-corrected chi connectivity index (χ3v) is 3.37. The number of aryl methyl sites for hydroxylation is 1. The lowest BCUT2D eigenvalue weighted by molar-refractivity contribution is 0.522. The molecule has 0 heterocycles. The van der Waals surface area contributed by atoms with Crippen molar-refractivity contribution in [1.29, 1.82) is 0 Å². The summed E-state index contributed by atoms with van der Waals surface area (Å²) in [4.78, 5) is 0. The van der Waals surface area contributed by atoms with Crippen LogP contribution < -0.4 is 0 Å². The molecule has 0 aliphatic rings. The second-order valence-electron chi connectivity index (χ2n) is 4.34. The number of halogens is 1. The second-order valence-corrected chi connectivity index (χ2v) is 4.72. The minimum atomic E-state index is 0.736. The zero-order valence-electron chi connectivity index (χ0n) is 10.0. The van der Waals surface area contributed by atoms with E-state index in [-0.39, 0.29) is 0 Å². The Morgan fingerprint density at radius 3 is 2.47 bits per heavy atom. The standard InChI is InChI=1S/C14H21Cl/c1-4-7-11(3)10-13-9-6-8-12(5-2)14(13)15/h6,8-9,11H,4-5,7,10H2,1-3H3/t11-/m0/s1. The summed E-state index contributed by atoms with van der Waals surface area (Å²) in [5.74, 6) is 0.736. The van der Waals surface area contributed by atoms with Crippen molar-refractivity contribution in [1.82, 2.24) is 0 Å². The lowest BCUT2D eigenvalue weighted by atomic mass is 9.95. The van der Waals surface area contributed by atoms with Crippen molar-refractivity contribution in [3.05, 3.63) is 34.3 Å². The summed E-state index contributed by atoms with van der Waals surface area (Å²) < 4.78 is 0. The highest BCUT2D eigenvalue weighted by atomic mass is 35.5. The first-order valence-corrected chi connectivity index (χ1v) is 6.33. The van der Waals surface area contributed by atoms with Crippen molar-refractivity contribution < 1.29 is 0 Å². The molecule has 0 N–H and O–H groups in total. The monoisotopic (exact) mass is 224 g/mol. The molecule has 0 saturated heterocycles. The third kappa shape index (κ3) is 3.53. The van der Waals surface area contributed by atoms with E-state index in [9.17, 15) is 0 Å². The fourth-order valence-corrected chi connectivity index (χ4v) is 2.37. The quantitative estimate of drug-likeness (QED) is 0.669. The maximum Gasteiger partial charge on any atom is 0.0469 e. The highest BCUT2D eigenvalue weighted by Crippen LogP contribution is 2.25. The summed E-state index contributed by atoms with van der Waals surface area (Å²) in [7, 11) is 0. The van der Waals surface area contributed by atoms with Crippen LogP contribution in [0, 0.1) is 5.92 Å². The Morgan fingerprint density at radius 1 is 1.20 bits per heavy atom. The molecule has 1 aromatic rings.